The summed E-state index contributed by atoms with van der Waals surface area (Å²) in [5.74, 6) is 0. The van der Waals surface area contributed by atoms with Crippen molar-refractivity contribution in [1.82, 2.24) is 10.0 Å². The Bertz CT molecular complexity index is 218. The van der Waals surface area contributed by atoms with Crippen molar-refractivity contribution in [3.05, 3.63) is 0 Å². The van der Waals surface area contributed by atoms with Crippen molar-refractivity contribution in [2.24, 2.45) is 10.4 Å². The van der Waals surface area contributed by atoms with Gasteiger partial charge in [-0.15, -0.1) is 0 Å². The molecule has 8 nitrogen and oxygen atoms in total. The van der Waals surface area contributed by atoms with Crippen LogP contribution in [-0.4, -0.2) is 50.5 Å². The molecule has 0 aliphatic carbocycles. The number of nitrogens with zero attached hydrogens (tertiary/aromatic N) is 4. The van der Waals surface area contributed by atoms with Gasteiger partial charge in [-0.05, 0) is 10.4 Å². The first-order valence-corrected chi connectivity index (χ1v) is 3.57. The van der Waals surface area contributed by atoms with E-state index in [1.54, 1.807) is 0 Å². The second-order valence-electron chi connectivity index (χ2n) is 2.17. The van der Waals surface area contributed by atoms with E-state index in [0.717, 1.165) is 10.0 Å². The normalized spacial score (nSPS) is 9.71. The monoisotopic (exact) mass is 204 g/mol. The summed E-state index contributed by atoms with van der Waals surface area (Å²) < 4.78 is 8.66. The van der Waals surface area contributed by atoms with Gasteiger partial charge in [0.1, 0.15) is 0 Å². The molecule has 0 aliphatic rings. The van der Waals surface area contributed by atoms with Crippen LogP contribution < -0.4 is 0 Å². The topological polar surface area (TPSA) is 83.8 Å². The maximum atomic E-state index is 10.8. The van der Waals surface area contributed by atoms with Crippen molar-refractivity contribution in [2.75, 3.05) is 28.3 Å². The first-order chi connectivity index (χ1) is 6.52. The highest BCUT2D eigenvalue weighted by molar-refractivity contribution is 5.67. The molecule has 0 aromatic rings. The van der Waals surface area contributed by atoms with Gasteiger partial charge in [-0.25, -0.2) is 9.59 Å². The van der Waals surface area contributed by atoms with Crippen molar-refractivity contribution in [3.63, 3.8) is 0 Å². The van der Waals surface area contributed by atoms with Gasteiger partial charge in [0, 0.05) is 14.1 Å². The molecular formula is C6H12N4O4. The van der Waals surface area contributed by atoms with Crippen LogP contribution in [0.15, 0.2) is 10.4 Å². The Kier molecular flexibility index (Phi) is 4.97. The third-order valence-corrected chi connectivity index (χ3v) is 1.19. The molecule has 0 aromatic carbocycles. The average Bonchev–Trinajstić information content (AvgIpc) is 2.22. The van der Waals surface area contributed by atoms with E-state index in [4.69, 9.17) is 0 Å². The molecule has 0 aliphatic heterocycles. The van der Waals surface area contributed by atoms with E-state index in [2.05, 4.69) is 19.9 Å². The molecule has 0 fully saturated rings. The van der Waals surface area contributed by atoms with Crippen molar-refractivity contribution in [1.29, 1.82) is 0 Å². The SMILES string of the molecule is COC(=O)N(C)/N=N/N(C)C(=O)OC. The lowest BCUT2D eigenvalue weighted by Crippen LogP contribution is -2.24. The van der Waals surface area contributed by atoms with Crippen LogP contribution in [0.2, 0.25) is 0 Å². The van der Waals surface area contributed by atoms with Crippen molar-refractivity contribution in [3.8, 4) is 0 Å². The van der Waals surface area contributed by atoms with Gasteiger partial charge in [0.15, 0.2) is 0 Å². The lowest BCUT2D eigenvalue weighted by molar-refractivity contribution is 0.115. The molecule has 0 saturated carbocycles. The minimum atomic E-state index is -0.688. The fourth-order valence-electron chi connectivity index (χ4n) is 0.457. The van der Waals surface area contributed by atoms with E-state index in [-0.39, 0.29) is 0 Å². The zero-order valence-corrected chi connectivity index (χ0v) is 8.42. The van der Waals surface area contributed by atoms with E-state index in [9.17, 15) is 9.59 Å². The first-order valence-electron chi connectivity index (χ1n) is 3.57. The minimum absolute atomic E-state index is 0.688. The second kappa shape index (κ2) is 5.73. The molecule has 0 atom stereocenters. The molecule has 0 saturated heterocycles. The summed E-state index contributed by atoms with van der Waals surface area (Å²) in [4.78, 5) is 21.6. The fourth-order valence-corrected chi connectivity index (χ4v) is 0.457. The second-order valence-corrected chi connectivity index (χ2v) is 2.17. The predicted octanol–water partition coefficient (Wildman–Crippen LogP) is 0.665. The van der Waals surface area contributed by atoms with Gasteiger partial charge in [0.05, 0.1) is 14.2 Å². The van der Waals surface area contributed by atoms with Crippen molar-refractivity contribution >= 4 is 12.2 Å². The molecule has 0 unspecified atom stereocenters. The predicted molar refractivity (Wildman–Crippen MR) is 45.2 cm³/mol. The largest absolute Gasteiger partial charge is 0.451 e. The summed E-state index contributed by atoms with van der Waals surface area (Å²) in [6, 6.07) is 0. The van der Waals surface area contributed by atoms with Gasteiger partial charge in [0.25, 0.3) is 0 Å². The zero-order valence-electron chi connectivity index (χ0n) is 8.42. The van der Waals surface area contributed by atoms with Gasteiger partial charge in [-0.1, -0.05) is 0 Å². The van der Waals surface area contributed by atoms with Crippen molar-refractivity contribution in [2.45, 2.75) is 0 Å². The Morgan fingerprint density at radius 2 is 1.21 bits per heavy atom. The zero-order chi connectivity index (χ0) is 11.1. The Morgan fingerprint density at radius 3 is 1.43 bits per heavy atom. The maximum Gasteiger partial charge on any atom is 0.431 e. The van der Waals surface area contributed by atoms with Crippen LogP contribution in [0.1, 0.15) is 0 Å². The number of carbonyl (C=O) groups is 2. The fraction of sp³-hybridized carbons (Fsp3) is 0.667. The van der Waals surface area contributed by atoms with E-state index in [1.165, 1.54) is 28.3 Å². The summed E-state index contributed by atoms with van der Waals surface area (Å²) in [5, 5.41) is 8.41. The van der Waals surface area contributed by atoms with E-state index in [0.29, 0.717) is 0 Å². The molecule has 0 aromatic heterocycles. The van der Waals surface area contributed by atoms with Crippen LogP contribution in [0.3, 0.4) is 0 Å². The Hall–Kier alpha value is -1.86. The highest BCUT2D eigenvalue weighted by Crippen LogP contribution is 1.94. The molecular weight excluding hydrogens is 192 g/mol. The highest BCUT2D eigenvalue weighted by atomic mass is 16.6. The summed E-state index contributed by atoms with van der Waals surface area (Å²) in [5.41, 5.74) is 0. The lowest BCUT2D eigenvalue weighted by Gasteiger charge is -2.10. The van der Waals surface area contributed by atoms with Gasteiger partial charge >= 0.3 is 12.2 Å². The molecule has 80 valence electrons. The molecule has 0 spiro atoms. The number of methoxy groups -OCH3 is 2. The van der Waals surface area contributed by atoms with Crippen LogP contribution in [0, 0.1) is 0 Å². The van der Waals surface area contributed by atoms with Gasteiger partial charge in [-0.3, -0.25) is 0 Å². The lowest BCUT2D eigenvalue weighted by atomic mass is 11.0. The number of carbonyl (C=O) groups excluding carboxylic acids is 2. The molecule has 14 heavy (non-hydrogen) atoms. The molecule has 0 rings (SSSR count). The molecule has 0 radical (unpaired) electrons. The summed E-state index contributed by atoms with van der Waals surface area (Å²) >= 11 is 0. The van der Waals surface area contributed by atoms with Gasteiger partial charge < -0.3 is 9.47 Å². The van der Waals surface area contributed by atoms with E-state index in [1.807, 2.05) is 0 Å². The number of ether oxygens (including phenoxy) is 2. The minimum Gasteiger partial charge on any atom is -0.451 e. The van der Waals surface area contributed by atoms with E-state index < -0.39 is 12.2 Å². The molecule has 8 heteroatoms. The van der Waals surface area contributed by atoms with Crippen LogP contribution in [0.25, 0.3) is 0 Å². The Balaban J connectivity index is 4.16. The van der Waals surface area contributed by atoms with Gasteiger partial charge in [-0.2, -0.15) is 10.0 Å². The third kappa shape index (κ3) is 3.70. The standard InChI is InChI=1S/C6H12N4O4/c1-9(5(11)13-3)7-8-10(2)6(12)14-4/h1-4H3/b8-7+. The number of hydrogen-bond donors (Lipinski definition) is 0. The van der Waals surface area contributed by atoms with Crippen LogP contribution in [0.4, 0.5) is 9.59 Å². The van der Waals surface area contributed by atoms with Crippen LogP contribution in [0.5, 0.6) is 0 Å². The van der Waals surface area contributed by atoms with E-state index >= 15 is 0 Å². The number of rotatable bonds is 2. The molecule has 0 heterocycles. The first kappa shape index (κ1) is 12.1. The van der Waals surface area contributed by atoms with Crippen molar-refractivity contribution < 1.29 is 19.1 Å². The Labute approximate surface area is 81.0 Å². The average molecular weight is 204 g/mol. The highest BCUT2D eigenvalue weighted by Gasteiger charge is 2.09. The third-order valence-electron chi connectivity index (χ3n) is 1.19. The van der Waals surface area contributed by atoms with Gasteiger partial charge in [0.2, 0.25) is 0 Å². The maximum absolute atomic E-state index is 10.8. The quantitative estimate of drug-likeness (QED) is 0.488. The summed E-state index contributed by atoms with van der Waals surface area (Å²) in [6.45, 7) is 0. The number of amides is 2. The smallest absolute Gasteiger partial charge is 0.431 e. The van der Waals surface area contributed by atoms with Crippen LogP contribution >= 0.6 is 0 Å². The summed E-state index contributed by atoms with van der Waals surface area (Å²) in [6.07, 6.45) is -1.38. The molecule has 0 N–H and O–H groups in total. The molecule has 2 amide bonds. The molecule has 0 bridgehead atoms. The Morgan fingerprint density at radius 1 is 0.929 bits per heavy atom. The number of hydrogen-bond acceptors (Lipinski definition) is 6. The van der Waals surface area contributed by atoms with Crippen LogP contribution in [-0.2, 0) is 9.47 Å². The summed E-state index contributed by atoms with van der Waals surface area (Å²) in [7, 11) is 5.08.